The maximum atomic E-state index is 12.6. The summed E-state index contributed by atoms with van der Waals surface area (Å²) in [6.07, 6.45) is 0. The van der Waals surface area contributed by atoms with Gasteiger partial charge in [0.15, 0.2) is 9.84 Å². The first-order valence-electron chi connectivity index (χ1n) is 9.44. The maximum absolute atomic E-state index is 12.6. The van der Waals surface area contributed by atoms with Gasteiger partial charge >= 0.3 is 5.63 Å². The highest BCUT2D eigenvalue weighted by Gasteiger charge is 2.15. The zero-order valence-electron chi connectivity index (χ0n) is 16.4. The topological polar surface area (TPSA) is 73.6 Å². The highest BCUT2D eigenvalue weighted by molar-refractivity contribution is 7.90. The van der Waals surface area contributed by atoms with Gasteiger partial charge in [-0.2, -0.15) is 0 Å². The average Bonchev–Trinajstić information content (AvgIpc) is 2.72. The number of benzene rings is 3. The molecule has 0 spiro atoms. The van der Waals surface area contributed by atoms with Gasteiger partial charge in [-0.15, -0.1) is 0 Å². The van der Waals surface area contributed by atoms with Gasteiger partial charge in [-0.05, 0) is 47.9 Å². The molecule has 4 aromatic rings. The number of hydrogen-bond donors (Lipinski definition) is 0. The van der Waals surface area contributed by atoms with E-state index >= 15 is 0 Å². The van der Waals surface area contributed by atoms with Crippen LogP contribution in [0, 0.1) is 6.92 Å². The van der Waals surface area contributed by atoms with Crippen molar-refractivity contribution >= 4 is 20.8 Å². The van der Waals surface area contributed by atoms with Crippen LogP contribution >= 0.6 is 0 Å². The molecule has 1 heterocycles. The summed E-state index contributed by atoms with van der Waals surface area (Å²) in [5, 5.41) is 0.856. The lowest BCUT2D eigenvalue weighted by Gasteiger charge is -2.09. The summed E-state index contributed by atoms with van der Waals surface area (Å²) in [6, 6.07) is 22.6. The number of fused-ring (bicyclic) bond motifs is 1. The van der Waals surface area contributed by atoms with Gasteiger partial charge < -0.3 is 9.15 Å². The van der Waals surface area contributed by atoms with E-state index in [2.05, 4.69) is 0 Å². The molecule has 5 nitrogen and oxygen atoms in total. The zero-order chi connectivity index (χ0) is 21.1. The van der Waals surface area contributed by atoms with Gasteiger partial charge in [-0.25, -0.2) is 13.2 Å². The summed E-state index contributed by atoms with van der Waals surface area (Å²) in [5.41, 5.74) is 2.51. The zero-order valence-corrected chi connectivity index (χ0v) is 17.2. The fourth-order valence-corrected chi connectivity index (χ4v) is 4.58. The fourth-order valence-electron chi connectivity index (χ4n) is 3.23. The summed E-state index contributed by atoms with van der Waals surface area (Å²) < 4.78 is 36.2. The molecule has 0 bridgehead atoms. The van der Waals surface area contributed by atoms with Gasteiger partial charge in [0.1, 0.15) is 17.9 Å². The van der Waals surface area contributed by atoms with Crippen LogP contribution in [0.5, 0.6) is 5.75 Å². The highest BCUT2D eigenvalue weighted by Crippen LogP contribution is 2.23. The first-order chi connectivity index (χ1) is 14.4. The maximum Gasteiger partial charge on any atom is 0.336 e. The van der Waals surface area contributed by atoms with Crippen molar-refractivity contribution in [3.05, 3.63) is 106 Å². The number of ether oxygens (including phenoxy) is 1. The molecule has 4 rings (SSSR count). The minimum atomic E-state index is -3.41. The Morgan fingerprint density at radius 3 is 2.33 bits per heavy atom. The molecule has 0 saturated heterocycles. The van der Waals surface area contributed by atoms with Crippen LogP contribution in [-0.2, 0) is 22.2 Å². The van der Waals surface area contributed by atoms with Crippen molar-refractivity contribution in [3.63, 3.8) is 0 Å². The number of aryl methyl sites for hydroxylation is 1. The van der Waals surface area contributed by atoms with Crippen molar-refractivity contribution in [1.82, 2.24) is 0 Å². The van der Waals surface area contributed by atoms with Crippen LogP contribution in [0.2, 0.25) is 0 Å². The van der Waals surface area contributed by atoms with Crippen molar-refractivity contribution in [2.24, 2.45) is 0 Å². The third-order valence-corrected chi connectivity index (χ3v) is 6.51. The van der Waals surface area contributed by atoms with Crippen LogP contribution in [-0.4, -0.2) is 8.42 Å². The Morgan fingerprint density at radius 1 is 0.867 bits per heavy atom. The third-order valence-electron chi connectivity index (χ3n) is 4.81. The van der Waals surface area contributed by atoms with Crippen LogP contribution in [0.15, 0.2) is 93.0 Å². The molecule has 30 heavy (non-hydrogen) atoms. The second-order valence-electron chi connectivity index (χ2n) is 7.08. The van der Waals surface area contributed by atoms with E-state index in [0.717, 1.165) is 22.1 Å². The SMILES string of the molecule is Cc1cc(=O)oc2cc(OCc3ccc(S(=O)(=O)Cc4ccccc4)cc3)ccc12. The average molecular weight is 420 g/mol. The molecular formula is C24H20O5S. The monoisotopic (exact) mass is 420 g/mol. The molecule has 0 aliphatic carbocycles. The molecule has 1 aromatic heterocycles. The Bertz CT molecular complexity index is 1340. The largest absolute Gasteiger partial charge is 0.489 e. The molecule has 0 atom stereocenters. The van der Waals surface area contributed by atoms with E-state index in [1.807, 2.05) is 37.3 Å². The second kappa shape index (κ2) is 8.16. The van der Waals surface area contributed by atoms with Gasteiger partial charge in [-0.1, -0.05) is 42.5 Å². The van der Waals surface area contributed by atoms with E-state index in [-0.39, 0.29) is 17.3 Å². The van der Waals surface area contributed by atoms with Crippen molar-refractivity contribution in [3.8, 4) is 5.75 Å². The van der Waals surface area contributed by atoms with Crippen molar-refractivity contribution in [1.29, 1.82) is 0 Å². The lowest BCUT2D eigenvalue weighted by atomic mass is 10.1. The highest BCUT2D eigenvalue weighted by atomic mass is 32.2. The predicted molar refractivity (Wildman–Crippen MR) is 115 cm³/mol. The van der Waals surface area contributed by atoms with Crippen molar-refractivity contribution < 1.29 is 17.6 Å². The van der Waals surface area contributed by atoms with Crippen LogP contribution in [0.1, 0.15) is 16.7 Å². The molecule has 152 valence electrons. The quantitative estimate of drug-likeness (QED) is 0.424. The van der Waals surface area contributed by atoms with Gasteiger partial charge in [0.05, 0.1) is 10.6 Å². The van der Waals surface area contributed by atoms with Crippen LogP contribution in [0.3, 0.4) is 0 Å². The molecule has 0 fully saturated rings. The van der Waals surface area contributed by atoms with E-state index in [0.29, 0.717) is 11.3 Å². The van der Waals surface area contributed by atoms with E-state index in [1.54, 1.807) is 42.5 Å². The second-order valence-corrected chi connectivity index (χ2v) is 9.07. The van der Waals surface area contributed by atoms with Gasteiger partial charge in [0, 0.05) is 17.5 Å². The number of rotatable bonds is 6. The van der Waals surface area contributed by atoms with Gasteiger partial charge in [0.2, 0.25) is 0 Å². The molecule has 0 N–H and O–H groups in total. The van der Waals surface area contributed by atoms with Gasteiger partial charge in [0.25, 0.3) is 0 Å². The molecule has 0 amide bonds. The Labute approximate surface area is 174 Å². The summed E-state index contributed by atoms with van der Waals surface area (Å²) in [4.78, 5) is 11.8. The molecular weight excluding hydrogens is 400 g/mol. The van der Waals surface area contributed by atoms with Gasteiger partial charge in [-0.3, -0.25) is 0 Å². The van der Waals surface area contributed by atoms with E-state index < -0.39 is 15.5 Å². The molecule has 3 aromatic carbocycles. The molecule has 0 aliphatic rings. The lowest BCUT2D eigenvalue weighted by Crippen LogP contribution is -2.05. The van der Waals surface area contributed by atoms with Crippen molar-refractivity contribution in [2.75, 3.05) is 0 Å². The Balaban J connectivity index is 1.46. The van der Waals surface area contributed by atoms with E-state index in [1.165, 1.54) is 6.07 Å². The molecule has 0 saturated carbocycles. The van der Waals surface area contributed by atoms with E-state index in [9.17, 15) is 13.2 Å². The minimum absolute atomic E-state index is 0.0363. The van der Waals surface area contributed by atoms with Crippen LogP contribution in [0.25, 0.3) is 11.0 Å². The molecule has 0 aliphatic heterocycles. The Kier molecular flexibility index (Phi) is 5.42. The molecule has 0 unspecified atom stereocenters. The fraction of sp³-hybridized carbons (Fsp3) is 0.125. The van der Waals surface area contributed by atoms with Crippen LogP contribution < -0.4 is 10.4 Å². The molecule has 0 radical (unpaired) electrons. The Morgan fingerprint density at radius 2 is 1.60 bits per heavy atom. The first kappa shape index (κ1) is 19.9. The predicted octanol–water partition coefficient (Wildman–Crippen LogP) is 4.65. The third kappa shape index (κ3) is 4.44. The first-order valence-corrected chi connectivity index (χ1v) is 11.1. The summed E-state index contributed by atoms with van der Waals surface area (Å²) in [7, 11) is -3.41. The lowest BCUT2D eigenvalue weighted by molar-refractivity contribution is 0.306. The normalized spacial score (nSPS) is 11.5. The minimum Gasteiger partial charge on any atom is -0.489 e. The smallest absolute Gasteiger partial charge is 0.336 e. The standard InChI is InChI=1S/C24H20O5S/c1-17-13-24(25)29-23-14-20(9-12-22(17)23)28-15-18-7-10-21(11-8-18)30(26,27)16-19-5-3-2-4-6-19/h2-14H,15-16H2,1H3. The number of sulfone groups is 1. The molecule has 6 heteroatoms. The summed E-state index contributed by atoms with van der Waals surface area (Å²) in [6.45, 7) is 2.12. The summed E-state index contributed by atoms with van der Waals surface area (Å²) in [5.74, 6) is 0.530. The summed E-state index contributed by atoms with van der Waals surface area (Å²) >= 11 is 0. The van der Waals surface area contributed by atoms with E-state index in [4.69, 9.17) is 9.15 Å². The number of hydrogen-bond acceptors (Lipinski definition) is 5. The van der Waals surface area contributed by atoms with Crippen molar-refractivity contribution in [2.45, 2.75) is 24.2 Å². The van der Waals surface area contributed by atoms with Crippen LogP contribution in [0.4, 0.5) is 0 Å². The Hall–Kier alpha value is -3.38.